The Hall–Kier alpha value is -3.56. The van der Waals surface area contributed by atoms with Gasteiger partial charge in [-0.05, 0) is 48.1 Å². The van der Waals surface area contributed by atoms with Gasteiger partial charge in [-0.25, -0.2) is 18.2 Å². The highest BCUT2D eigenvalue weighted by Crippen LogP contribution is 2.24. The van der Waals surface area contributed by atoms with Gasteiger partial charge in [-0.2, -0.15) is 4.31 Å². The average molecular weight is 701 g/mol. The number of thiazole rings is 1. The number of benzene rings is 2. The molecule has 0 saturated carbocycles. The van der Waals surface area contributed by atoms with Crippen molar-refractivity contribution in [2.24, 2.45) is 17.6 Å². The summed E-state index contributed by atoms with van der Waals surface area (Å²) >= 11 is 1.45. The van der Waals surface area contributed by atoms with Crippen LogP contribution in [0.4, 0.5) is 4.79 Å². The molecule has 1 aliphatic rings. The number of methoxy groups -OCH3 is 1. The minimum atomic E-state index is -4.00. The number of aliphatic hydroxyl groups excluding tert-OH is 1. The molecule has 0 radical (unpaired) electrons. The van der Waals surface area contributed by atoms with Crippen LogP contribution in [0.25, 0.3) is 0 Å². The van der Waals surface area contributed by atoms with Gasteiger partial charge in [0.25, 0.3) is 0 Å². The van der Waals surface area contributed by atoms with Gasteiger partial charge in [0.1, 0.15) is 16.8 Å². The molecule has 262 valence electrons. The van der Waals surface area contributed by atoms with Gasteiger partial charge >= 0.3 is 6.03 Å². The fourth-order valence-corrected chi connectivity index (χ4v) is 8.14. The summed E-state index contributed by atoms with van der Waals surface area (Å²) in [6.45, 7) is 8.93. The molecular weight excluding hydrogens is 653 g/mol. The van der Waals surface area contributed by atoms with Crippen molar-refractivity contribution in [1.29, 1.82) is 0 Å². The quantitative estimate of drug-likeness (QED) is 0.194. The van der Waals surface area contributed by atoms with Gasteiger partial charge in [-0.15, -0.1) is 11.3 Å². The van der Waals surface area contributed by atoms with E-state index in [4.69, 9.17) is 10.5 Å². The van der Waals surface area contributed by atoms with Crippen molar-refractivity contribution < 1.29 is 27.9 Å². The normalized spacial score (nSPS) is 15.8. The van der Waals surface area contributed by atoms with Crippen molar-refractivity contribution in [2.45, 2.75) is 70.3 Å². The molecule has 3 aromatic rings. The van der Waals surface area contributed by atoms with Crippen LogP contribution in [0.15, 0.2) is 64.9 Å². The largest absolute Gasteiger partial charge is 0.497 e. The Kier molecular flexibility index (Phi) is 13.0. The van der Waals surface area contributed by atoms with Gasteiger partial charge in [-0.1, -0.05) is 58.0 Å². The lowest BCUT2D eigenvalue weighted by molar-refractivity contribution is -0.128. The van der Waals surface area contributed by atoms with Crippen LogP contribution in [-0.4, -0.2) is 96.0 Å². The maximum absolute atomic E-state index is 14.1. The third kappa shape index (κ3) is 9.32. The molecule has 1 saturated heterocycles. The Bertz CT molecular complexity index is 1600. The van der Waals surface area contributed by atoms with Crippen LogP contribution < -0.4 is 15.8 Å². The van der Waals surface area contributed by atoms with E-state index in [0.29, 0.717) is 31.9 Å². The number of carbonyl (C=O) groups excluding carboxylic acids is 2. The van der Waals surface area contributed by atoms with Crippen LogP contribution in [-0.2, 0) is 34.3 Å². The van der Waals surface area contributed by atoms with Crippen molar-refractivity contribution in [3.8, 4) is 5.75 Å². The van der Waals surface area contributed by atoms with Crippen LogP contribution in [0.2, 0.25) is 0 Å². The zero-order valence-corrected chi connectivity index (χ0v) is 29.9. The minimum absolute atomic E-state index is 0.0343. The number of sulfonamides is 1. The molecule has 4 rings (SSSR count). The van der Waals surface area contributed by atoms with Gasteiger partial charge in [0.05, 0.1) is 36.4 Å². The number of ether oxygens (including phenoxy) is 1. The van der Waals surface area contributed by atoms with E-state index in [9.17, 15) is 23.1 Å². The first-order valence-electron chi connectivity index (χ1n) is 16.2. The number of nitrogens with two attached hydrogens (primary N) is 1. The lowest BCUT2D eigenvalue weighted by atomic mass is 9.97. The fraction of sp³-hybridized carbons (Fsp3) is 0.500. The Balaban J connectivity index is 1.56. The van der Waals surface area contributed by atoms with Gasteiger partial charge in [0, 0.05) is 38.1 Å². The molecule has 48 heavy (non-hydrogen) atoms. The zero-order chi connectivity index (χ0) is 35.0. The van der Waals surface area contributed by atoms with Crippen LogP contribution in [0, 0.1) is 11.8 Å². The summed E-state index contributed by atoms with van der Waals surface area (Å²) in [5, 5.41) is 17.4. The Morgan fingerprint density at radius 2 is 1.77 bits per heavy atom. The molecule has 2 aromatic carbocycles. The third-order valence-electron chi connectivity index (χ3n) is 8.24. The SMILES string of the molecule is COc1ccc(S(=O)(=O)N(CC(C)C)C[C@@H](O)[C@H](Cc2ccccc2)NC(=O)[C@H](C(C)C)N2CCN(Cc3csc(CN)n3)C2=O)cc1. The summed E-state index contributed by atoms with van der Waals surface area (Å²) in [5.41, 5.74) is 7.32. The Labute approximate surface area is 287 Å². The van der Waals surface area contributed by atoms with Crippen molar-refractivity contribution in [2.75, 3.05) is 33.3 Å². The van der Waals surface area contributed by atoms with Crippen molar-refractivity contribution >= 4 is 33.3 Å². The molecule has 0 spiro atoms. The Morgan fingerprint density at radius 1 is 1.08 bits per heavy atom. The molecule has 0 bridgehead atoms. The molecule has 4 N–H and O–H groups in total. The molecule has 1 aromatic heterocycles. The molecule has 0 aliphatic carbocycles. The second-order valence-electron chi connectivity index (χ2n) is 12.8. The Morgan fingerprint density at radius 3 is 2.35 bits per heavy atom. The van der Waals surface area contributed by atoms with E-state index in [1.54, 1.807) is 21.9 Å². The maximum Gasteiger partial charge on any atom is 0.321 e. The molecule has 14 heteroatoms. The molecular formula is C34H48N6O6S2. The van der Waals surface area contributed by atoms with Crippen LogP contribution in [0.1, 0.15) is 44.0 Å². The van der Waals surface area contributed by atoms with E-state index in [1.165, 1.54) is 34.9 Å². The monoisotopic (exact) mass is 700 g/mol. The van der Waals surface area contributed by atoms with Gasteiger partial charge in [0.2, 0.25) is 15.9 Å². The minimum Gasteiger partial charge on any atom is -0.497 e. The summed E-state index contributed by atoms with van der Waals surface area (Å²) < 4.78 is 34.1. The smallest absolute Gasteiger partial charge is 0.321 e. The number of nitrogens with zero attached hydrogens (tertiary/aromatic N) is 4. The first-order chi connectivity index (χ1) is 22.8. The molecule has 3 amide bonds. The van der Waals surface area contributed by atoms with Crippen molar-refractivity contribution in [1.82, 2.24) is 24.4 Å². The molecule has 1 aliphatic heterocycles. The molecule has 3 atom stereocenters. The van der Waals surface area contributed by atoms with E-state index >= 15 is 0 Å². The summed E-state index contributed by atoms with van der Waals surface area (Å²) in [6, 6.07) is 13.6. The number of amides is 3. The summed E-state index contributed by atoms with van der Waals surface area (Å²) in [5.74, 6) is -0.154. The number of carbonyl (C=O) groups is 2. The lowest BCUT2D eigenvalue weighted by Gasteiger charge is -2.34. The number of aliphatic hydroxyl groups is 1. The summed E-state index contributed by atoms with van der Waals surface area (Å²) in [4.78, 5) is 35.4. The van der Waals surface area contributed by atoms with E-state index in [1.807, 2.05) is 63.4 Å². The predicted octanol–water partition coefficient (Wildman–Crippen LogP) is 3.31. The number of hydrogen-bond acceptors (Lipinski definition) is 9. The number of nitrogens with one attached hydrogen (secondary N) is 1. The third-order valence-corrected chi connectivity index (χ3v) is 11.0. The molecule has 1 fully saturated rings. The van der Waals surface area contributed by atoms with E-state index in [0.717, 1.165) is 16.3 Å². The van der Waals surface area contributed by atoms with Gasteiger partial charge in [0.15, 0.2) is 0 Å². The van der Waals surface area contributed by atoms with Crippen LogP contribution >= 0.6 is 11.3 Å². The van der Waals surface area contributed by atoms with E-state index in [2.05, 4.69) is 10.3 Å². The first-order valence-corrected chi connectivity index (χ1v) is 18.5. The molecule has 2 heterocycles. The van der Waals surface area contributed by atoms with E-state index < -0.39 is 34.1 Å². The average Bonchev–Trinajstić information content (AvgIpc) is 3.66. The summed E-state index contributed by atoms with van der Waals surface area (Å²) in [7, 11) is -2.49. The molecule has 0 unspecified atom stereocenters. The number of aromatic nitrogens is 1. The second-order valence-corrected chi connectivity index (χ2v) is 15.7. The van der Waals surface area contributed by atoms with Crippen molar-refractivity contribution in [3.05, 3.63) is 76.2 Å². The van der Waals surface area contributed by atoms with Crippen molar-refractivity contribution in [3.63, 3.8) is 0 Å². The van der Waals surface area contributed by atoms with E-state index in [-0.39, 0.29) is 42.3 Å². The predicted molar refractivity (Wildman–Crippen MR) is 186 cm³/mol. The molecule has 12 nitrogen and oxygen atoms in total. The number of hydrogen-bond donors (Lipinski definition) is 3. The highest BCUT2D eigenvalue weighted by Gasteiger charge is 2.40. The highest BCUT2D eigenvalue weighted by atomic mass is 32.2. The number of urea groups is 1. The van der Waals surface area contributed by atoms with Gasteiger partial charge < -0.3 is 30.7 Å². The maximum atomic E-state index is 14.1. The standard InChI is InChI=1S/C34H48N6O6S2/c1-23(2)19-39(48(44,45)28-13-11-27(46-5)12-14-28)21-30(41)29(17-25-9-7-6-8-10-25)37-33(42)32(24(3)4)40-16-15-38(34(40)43)20-26-22-47-31(18-35)36-26/h6-14,22-24,29-30,32,41H,15-21,35H2,1-5H3,(H,37,42)/t29-,30+,32-/m0/s1. The second kappa shape index (κ2) is 16.7. The van der Waals surface area contributed by atoms with Crippen LogP contribution in [0.5, 0.6) is 5.75 Å². The first kappa shape index (κ1) is 37.3. The topological polar surface area (TPSA) is 158 Å². The van der Waals surface area contributed by atoms with Crippen LogP contribution in [0.3, 0.4) is 0 Å². The van der Waals surface area contributed by atoms with Gasteiger partial charge in [-0.3, -0.25) is 4.79 Å². The number of rotatable bonds is 17. The summed E-state index contributed by atoms with van der Waals surface area (Å²) in [6.07, 6.45) is -1.01. The lowest BCUT2D eigenvalue weighted by Crippen LogP contribution is -2.57. The fourth-order valence-electron chi connectivity index (χ4n) is 5.85. The highest BCUT2D eigenvalue weighted by molar-refractivity contribution is 7.89. The zero-order valence-electron chi connectivity index (χ0n) is 28.3.